The van der Waals surface area contributed by atoms with Gasteiger partial charge < -0.3 is 10.6 Å². The van der Waals surface area contributed by atoms with E-state index >= 15 is 0 Å². The lowest BCUT2D eigenvalue weighted by Crippen LogP contribution is -2.39. The van der Waals surface area contributed by atoms with Crippen LogP contribution in [0.2, 0.25) is 5.02 Å². The third-order valence-corrected chi connectivity index (χ3v) is 6.80. The number of carbonyl (C=O) groups excluding carboxylic acids is 1. The predicted molar refractivity (Wildman–Crippen MR) is 124 cm³/mol. The lowest BCUT2D eigenvalue weighted by atomic mass is 9.85. The van der Waals surface area contributed by atoms with Crippen molar-refractivity contribution in [3.63, 3.8) is 0 Å². The van der Waals surface area contributed by atoms with E-state index in [9.17, 15) is 18.0 Å². The molecule has 3 aromatic rings. The summed E-state index contributed by atoms with van der Waals surface area (Å²) < 4.78 is 42.0. The summed E-state index contributed by atoms with van der Waals surface area (Å²) in [6, 6.07) is 7.91. The molecule has 1 aromatic heterocycles. The Morgan fingerprint density at radius 1 is 1.06 bits per heavy atom. The van der Waals surface area contributed by atoms with Crippen molar-refractivity contribution in [1.29, 1.82) is 0 Å². The average Bonchev–Trinajstić information content (AvgIpc) is 2.82. The van der Waals surface area contributed by atoms with Gasteiger partial charge in [0.05, 0.1) is 16.1 Å². The highest BCUT2D eigenvalue weighted by atomic mass is 35.5. The Kier molecular flexibility index (Phi) is 6.79. The van der Waals surface area contributed by atoms with Gasteiger partial charge in [-0.3, -0.25) is 9.78 Å². The molecule has 1 aliphatic rings. The minimum Gasteiger partial charge on any atom is -0.384 e. The van der Waals surface area contributed by atoms with Crippen LogP contribution in [0.3, 0.4) is 0 Å². The lowest BCUT2D eigenvalue weighted by Gasteiger charge is -2.29. The highest BCUT2D eigenvalue weighted by molar-refractivity contribution is 6.34. The number of pyridine rings is 1. The van der Waals surface area contributed by atoms with Crippen molar-refractivity contribution in [3.8, 4) is 0 Å². The highest BCUT2D eigenvalue weighted by Gasteiger charge is 2.29. The third kappa shape index (κ3) is 4.64. The standard InChI is InChI=1S/C25H25ClF3N3O/c1-13-5-10-18(17-4-3-11-30-24(13)17)31-12-15-6-8-16(9-7-15)32-25(33)19-20(26)23(29)22(28)14(2)21(19)27/h3-5,10-11,15-16,31H,6-9,12H2,1-2H3,(H,32,33). The number of aryl methyl sites for hydroxylation is 1. The fourth-order valence-corrected chi connectivity index (χ4v) is 4.69. The van der Waals surface area contributed by atoms with Gasteiger partial charge in [0, 0.05) is 35.4 Å². The van der Waals surface area contributed by atoms with Crippen molar-refractivity contribution in [2.45, 2.75) is 45.6 Å². The summed E-state index contributed by atoms with van der Waals surface area (Å²) in [4.78, 5) is 17.0. The number of carbonyl (C=O) groups is 1. The van der Waals surface area contributed by atoms with Crippen LogP contribution in [0.25, 0.3) is 10.9 Å². The zero-order valence-electron chi connectivity index (χ0n) is 18.4. The first-order valence-corrected chi connectivity index (χ1v) is 11.4. The summed E-state index contributed by atoms with van der Waals surface area (Å²) in [5, 5.41) is 6.52. The maximum Gasteiger partial charge on any atom is 0.256 e. The molecule has 174 valence electrons. The van der Waals surface area contributed by atoms with E-state index in [0.717, 1.165) is 48.5 Å². The zero-order chi connectivity index (χ0) is 23.7. The second-order valence-electron chi connectivity index (χ2n) is 8.66. The van der Waals surface area contributed by atoms with E-state index in [-0.39, 0.29) is 6.04 Å². The van der Waals surface area contributed by atoms with Crippen molar-refractivity contribution >= 4 is 34.1 Å². The monoisotopic (exact) mass is 475 g/mol. The molecule has 33 heavy (non-hydrogen) atoms. The number of nitrogens with one attached hydrogen (secondary N) is 2. The number of rotatable bonds is 5. The Labute approximate surface area is 195 Å². The van der Waals surface area contributed by atoms with E-state index in [4.69, 9.17) is 11.6 Å². The molecule has 0 atom stereocenters. The van der Waals surface area contributed by atoms with E-state index in [1.807, 2.05) is 25.1 Å². The van der Waals surface area contributed by atoms with Crippen LogP contribution in [0.4, 0.5) is 18.9 Å². The summed E-state index contributed by atoms with van der Waals surface area (Å²) in [5.41, 5.74) is 1.94. The highest BCUT2D eigenvalue weighted by Crippen LogP contribution is 2.31. The van der Waals surface area contributed by atoms with Gasteiger partial charge in [0.15, 0.2) is 11.6 Å². The number of hydrogen-bond acceptors (Lipinski definition) is 3. The van der Waals surface area contributed by atoms with Crippen LogP contribution in [-0.4, -0.2) is 23.5 Å². The van der Waals surface area contributed by atoms with E-state index < -0.39 is 39.5 Å². The molecule has 2 N–H and O–H groups in total. The van der Waals surface area contributed by atoms with Crippen molar-refractivity contribution in [3.05, 3.63) is 69.6 Å². The summed E-state index contributed by atoms with van der Waals surface area (Å²) in [5.74, 6) is -4.32. The van der Waals surface area contributed by atoms with Crippen LogP contribution in [0.15, 0.2) is 30.5 Å². The van der Waals surface area contributed by atoms with Gasteiger partial charge in [-0.25, -0.2) is 13.2 Å². The molecule has 1 amide bonds. The molecule has 4 rings (SSSR count). The molecule has 2 aromatic carbocycles. The number of anilines is 1. The molecule has 1 aliphatic carbocycles. The van der Waals surface area contributed by atoms with Crippen LogP contribution < -0.4 is 10.6 Å². The summed E-state index contributed by atoms with van der Waals surface area (Å²) in [6.07, 6.45) is 4.93. The van der Waals surface area contributed by atoms with Gasteiger partial charge in [-0.05, 0) is 69.2 Å². The average molecular weight is 476 g/mol. The first-order valence-electron chi connectivity index (χ1n) is 11.0. The van der Waals surface area contributed by atoms with E-state index in [1.54, 1.807) is 6.20 Å². The van der Waals surface area contributed by atoms with Crippen molar-refractivity contribution in [2.24, 2.45) is 5.92 Å². The molecule has 8 heteroatoms. The molecular weight excluding hydrogens is 451 g/mol. The Morgan fingerprint density at radius 2 is 1.79 bits per heavy atom. The minimum atomic E-state index is -1.41. The van der Waals surface area contributed by atoms with E-state index in [0.29, 0.717) is 18.8 Å². The second-order valence-corrected chi connectivity index (χ2v) is 9.04. The van der Waals surface area contributed by atoms with Gasteiger partial charge in [0.1, 0.15) is 5.82 Å². The largest absolute Gasteiger partial charge is 0.384 e. The molecule has 0 radical (unpaired) electrons. The predicted octanol–water partition coefficient (Wildman–Crippen LogP) is 6.32. The Hall–Kier alpha value is -2.80. The molecule has 1 fully saturated rings. The molecule has 4 nitrogen and oxygen atoms in total. The maximum atomic E-state index is 14.4. The zero-order valence-corrected chi connectivity index (χ0v) is 19.2. The Morgan fingerprint density at radius 3 is 2.52 bits per heavy atom. The van der Waals surface area contributed by atoms with Gasteiger partial charge in [-0.1, -0.05) is 17.7 Å². The van der Waals surface area contributed by atoms with Gasteiger partial charge in [0.2, 0.25) is 0 Å². The number of hydrogen-bond donors (Lipinski definition) is 2. The normalized spacial score (nSPS) is 18.4. The van der Waals surface area contributed by atoms with Gasteiger partial charge in [0.25, 0.3) is 5.91 Å². The molecule has 0 spiro atoms. The molecule has 1 saturated carbocycles. The third-order valence-electron chi connectivity index (χ3n) is 6.44. The van der Waals surface area contributed by atoms with E-state index in [1.165, 1.54) is 0 Å². The van der Waals surface area contributed by atoms with Crippen LogP contribution >= 0.6 is 11.6 Å². The fourth-order valence-electron chi connectivity index (χ4n) is 4.44. The maximum absolute atomic E-state index is 14.4. The van der Waals surface area contributed by atoms with Crippen molar-refractivity contribution in [1.82, 2.24) is 10.3 Å². The number of aromatic nitrogens is 1. The van der Waals surface area contributed by atoms with E-state index in [2.05, 4.69) is 21.7 Å². The molecule has 0 unspecified atom stereocenters. The number of fused-ring (bicyclic) bond motifs is 1. The lowest BCUT2D eigenvalue weighted by molar-refractivity contribution is 0.0918. The molecular formula is C25H25ClF3N3O. The van der Waals surface area contributed by atoms with Crippen LogP contribution in [0.5, 0.6) is 0 Å². The number of nitrogens with zero attached hydrogens (tertiary/aromatic N) is 1. The summed E-state index contributed by atoms with van der Waals surface area (Å²) in [6.45, 7) is 3.90. The second kappa shape index (κ2) is 9.59. The fraction of sp³-hybridized carbons (Fsp3) is 0.360. The summed E-state index contributed by atoms with van der Waals surface area (Å²) >= 11 is 5.73. The van der Waals surface area contributed by atoms with Crippen LogP contribution in [0, 0.1) is 37.2 Å². The minimum absolute atomic E-state index is 0.179. The Bertz CT molecular complexity index is 1180. The molecule has 1 heterocycles. The quantitative estimate of drug-likeness (QED) is 0.335. The summed E-state index contributed by atoms with van der Waals surface area (Å²) in [7, 11) is 0. The van der Waals surface area contributed by atoms with Gasteiger partial charge in [-0.2, -0.15) is 0 Å². The Balaban J connectivity index is 1.35. The number of halogens is 4. The van der Waals surface area contributed by atoms with Crippen molar-refractivity contribution in [2.75, 3.05) is 11.9 Å². The van der Waals surface area contributed by atoms with Crippen molar-refractivity contribution < 1.29 is 18.0 Å². The smallest absolute Gasteiger partial charge is 0.256 e. The molecule has 0 aliphatic heterocycles. The van der Waals surface area contributed by atoms with Gasteiger partial charge in [-0.15, -0.1) is 0 Å². The SMILES string of the molecule is Cc1c(F)c(F)c(Cl)c(C(=O)NC2CCC(CNc3ccc(C)c4ncccc34)CC2)c1F. The van der Waals surface area contributed by atoms with Crippen LogP contribution in [0.1, 0.15) is 47.2 Å². The first kappa shape index (κ1) is 23.4. The number of benzene rings is 2. The topological polar surface area (TPSA) is 54.0 Å². The van der Waals surface area contributed by atoms with Crippen LogP contribution in [-0.2, 0) is 0 Å². The molecule has 0 saturated heterocycles. The first-order chi connectivity index (χ1) is 15.8. The van der Waals surface area contributed by atoms with Gasteiger partial charge >= 0.3 is 0 Å². The number of amides is 1. The molecule has 0 bridgehead atoms.